The van der Waals surface area contributed by atoms with Crippen molar-refractivity contribution in [1.29, 1.82) is 0 Å². The highest BCUT2D eigenvalue weighted by molar-refractivity contribution is 5.73. The number of ether oxygens (including phenoxy) is 2. The Morgan fingerprint density at radius 1 is 1.05 bits per heavy atom. The van der Waals surface area contributed by atoms with E-state index >= 15 is 0 Å². The Morgan fingerprint density at radius 2 is 1.84 bits per heavy atom. The minimum absolute atomic E-state index is 0.187. The van der Waals surface area contributed by atoms with E-state index < -0.39 is 0 Å². The van der Waals surface area contributed by atoms with Crippen LogP contribution in [0.2, 0.25) is 0 Å². The van der Waals surface area contributed by atoms with E-state index in [1.807, 2.05) is 42.5 Å². The summed E-state index contributed by atoms with van der Waals surface area (Å²) in [6, 6.07) is 15.0. The summed E-state index contributed by atoms with van der Waals surface area (Å²) in [5.41, 5.74) is 1.78. The Kier molecular flexibility index (Phi) is 4.59. The quantitative estimate of drug-likeness (QED) is 0.657. The summed E-state index contributed by atoms with van der Waals surface area (Å²) in [7, 11) is 1.57. The van der Waals surface area contributed by atoms with Gasteiger partial charge in [-0.3, -0.25) is 0 Å². The normalized spacial score (nSPS) is 10.8. The van der Waals surface area contributed by atoms with Crippen LogP contribution in [0.15, 0.2) is 48.5 Å². The van der Waals surface area contributed by atoms with Gasteiger partial charge in [0.15, 0.2) is 6.79 Å². The molecule has 0 atom stereocenters. The Bertz CT molecular complexity index is 547. The number of hydrogen-bond acceptors (Lipinski definition) is 3. The van der Waals surface area contributed by atoms with E-state index in [0.29, 0.717) is 11.3 Å². The van der Waals surface area contributed by atoms with E-state index in [9.17, 15) is 5.11 Å². The third-order valence-corrected chi connectivity index (χ3v) is 2.60. The van der Waals surface area contributed by atoms with Crippen LogP contribution >= 0.6 is 0 Å². The van der Waals surface area contributed by atoms with Crippen molar-refractivity contribution in [1.82, 2.24) is 0 Å². The van der Waals surface area contributed by atoms with Crippen LogP contribution < -0.4 is 4.74 Å². The highest BCUT2D eigenvalue weighted by Crippen LogP contribution is 2.25. The average Bonchev–Trinajstić information content (AvgIpc) is 2.46. The predicted octanol–water partition coefficient (Wildman–Crippen LogP) is 3.55. The predicted molar refractivity (Wildman–Crippen MR) is 76.0 cm³/mol. The fraction of sp³-hybridized carbons (Fsp3) is 0.125. The van der Waals surface area contributed by atoms with Gasteiger partial charge in [-0.25, -0.2) is 0 Å². The molecule has 0 unspecified atom stereocenters. The van der Waals surface area contributed by atoms with Crippen LogP contribution in [-0.2, 0) is 4.74 Å². The van der Waals surface area contributed by atoms with Crippen molar-refractivity contribution >= 4 is 12.2 Å². The lowest BCUT2D eigenvalue weighted by Crippen LogP contribution is -1.98. The first-order valence-electron chi connectivity index (χ1n) is 5.97. The minimum Gasteiger partial charge on any atom is -0.507 e. The molecular weight excluding hydrogens is 240 g/mol. The molecular formula is C16H16O3. The summed E-state index contributed by atoms with van der Waals surface area (Å²) in [5.74, 6) is 0.879. The van der Waals surface area contributed by atoms with Crippen molar-refractivity contribution < 1.29 is 14.6 Å². The Labute approximate surface area is 112 Å². The van der Waals surface area contributed by atoms with Crippen LogP contribution in [0.25, 0.3) is 12.2 Å². The minimum atomic E-state index is 0.187. The zero-order valence-corrected chi connectivity index (χ0v) is 10.7. The van der Waals surface area contributed by atoms with Crippen molar-refractivity contribution in [3.8, 4) is 11.5 Å². The Hall–Kier alpha value is -2.26. The van der Waals surface area contributed by atoms with E-state index in [0.717, 1.165) is 5.56 Å². The Morgan fingerprint density at radius 3 is 2.58 bits per heavy atom. The second-order valence-corrected chi connectivity index (χ2v) is 4.02. The van der Waals surface area contributed by atoms with Crippen LogP contribution in [0.3, 0.4) is 0 Å². The molecule has 0 aliphatic heterocycles. The van der Waals surface area contributed by atoms with Gasteiger partial charge in [0, 0.05) is 12.7 Å². The maximum absolute atomic E-state index is 9.80. The second kappa shape index (κ2) is 6.61. The maximum atomic E-state index is 9.80. The van der Waals surface area contributed by atoms with Crippen molar-refractivity contribution in [2.24, 2.45) is 0 Å². The van der Waals surface area contributed by atoms with Gasteiger partial charge in [0.1, 0.15) is 11.5 Å². The van der Waals surface area contributed by atoms with Gasteiger partial charge in [-0.2, -0.15) is 0 Å². The highest BCUT2D eigenvalue weighted by Gasteiger charge is 2.00. The smallest absolute Gasteiger partial charge is 0.188 e. The second-order valence-electron chi connectivity index (χ2n) is 4.02. The topological polar surface area (TPSA) is 38.7 Å². The van der Waals surface area contributed by atoms with E-state index in [1.165, 1.54) is 0 Å². The fourth-order valence-corrected chi connectivity index (χ4v) is 1.63. The summed E-state index contributed by atoms with van der Waals surface area (Å²) in [5, 5.41) is 9.80. The largest absolute Gasteiger partial charge is 0.507 e. The number of rotatable bonds is 5. The fourth-order valence-electron chi connectivity index (χ4n) is 1.63. The third-order valence-electron chi connectivity index (χ3n) is 2.60. The molecule has 0 fully saturated rings. The maximum Gasteiger partial charge on any atom is 0.188 e. The lowest BCUT2D eigenvalue weighted by molar-refractivity contribution is 0.0511. The molecule has 19 heavy (non-hydrogen) atoms. The zero-order chi connectivity index (χ0) is 13.5. The SMILES string of the molecule is COCOc1ccc(O)c(C=Cc2ccccc2)c1. The number of benzene rings is 2. The summed E-state index contributed by atoms with van der Waals surface area (Å²) in [6.45, 7) is 0.187. The summed E-state index contributed by atoms with van der Waals surface area (Å²) in [4.78, 5) is 0. The molecule has 0 amide bonds. The van der Waals surface area contributed by atoms with E-state index in [1.54, 1.807) is 25.3 Å². The average molecular weight is 256 g/mol. The number of hydrogen-bond donors (Lipinski definition) is 1. The van der Waals surface area contributed by atoms with Gasteiger partial charge in [0.25, 0.3) is 0 Å². The number of phenols is 1. The molecule has 2 rings (SSSR count). The number of methoxy groups -OCH3 is 1. The van der Waals surface area contributed by atoms with Crippen molar-refractivity contribution in [3.63, 3.8) is 0 Å². The first-order valence-corrected chi connectivity index (χ1v) is 5.97. The molecule has 3 heteroatoms. The molecule has 2 aromatic rings. The molecule has 0 bridgehead atoms. The van der Waals surface area contributed by atoms with Crippen LogP contribution in [0.4, 0.5) is 0 Å². The molecule has 98 valence electrons. The van der Waals surface area contributed by atoms with Crippen LogP contribution in [0.5, 0.6) is 11.5 Å². The third kappa shape index (κ3) is 3.86. The molecule has 2 aromatic carbocycles. The van der Waals surface area contributed by atoms with Gasteiger partial charge in [-0.05, 0) is 23.8 Å². The number of phenolic OH excluding ortho intramolecular Hbond substituents is 1. The molecule has 0 saturated heterocycles. The van der Waals surface area contributed by atoms with E-state index in [4.69, 9.17) is 9.47 Å². The monoisotopic (exact) mass is 256 g/mol. The molecule has 0 aliphatic carbocycles. The van der Waals surface area contributed by atoms with E-state index in [-0.39, 0.29) is 12.5 Å². The molecule has 0 aromatic heterocycles. The first-order chi connectivity index (χ1) is 9.29. The molecule has 0 heterocycles. The lowest BCUT2D eigenvalue weighted by atomic mass is 10.1. The van der Waals surface area contributed by atoms with Gasteiger partial charge >= 0.3 is 0 Å². The standard InChI is InChI=1S/C16H16O3/c1-18-12-19-15-9-10-16(17)14(11-15)8-7-13-5-3-2-4-6-13/h2-11,17H,12H2,1H3. The van der Waals surface area contributed by atoms with Crippen LogP contribution in [0, 0.1) is 0 Å². The summed E-state index contributed by atoms with van der Waals surface area (Å²) >= 11 is 0. The lowest BCUT2D eigenvalue weighted by Gasteiger charge is -2.06. The summed E-state index contributed by atoms with van der Waals surface area (Å²) < 4.78 is 10.2. The molecule has 1 N–H and O–H groups in total. The van der Waals surface area contributed by atoms with Gasteiger partial charge in [-0.1, -0.05) is 42.5 Å². The first kappa shape index (κ1) is 13.2. The van der Waals surface area contributed by atoms with Crippen LogP contribution in [0.1, 0.15) is 11.1 Å². The van der Waals surface area contributed by atoms with Gasteiger partial charge in [0.05, 0.1) is 0 Å². The molecule has 0 saturated carbocycles. The Balaban J connectivity index is 2.17. The molecule has 0 spiro atoms. The molecule has 0 aliphatic rings. The number of aromatic hydroxyl groups is 1. The van der Waals surface area contributed by atoms with Crippen molar-refractivity contribution in [2.75, 3.05) is 13.9 Å². The van der Waals surface area contributed by atoms with E-state index in [2.05, 4.69) is 0 Å². The highest BCUT2D eigenvalue weighted by atomic mass is 16.7. The zero-order valence-electron chi connectivity index (χ0n) is 10.7. The van der Waals surface area contributed by atoms with Gasteiger partial charge < -0.3 is 14.6 Å². The van der Waals surface area contributed by atoms with Gasteiger partial charge in [-0.15, -0.1) is 0 Å². The molecule has 3 nitrogen and oxygen atoms in total. The summed E-state index contributed by atoms with van der Waals surface area (Å²) in [6.07, 6.45) is 3.79. The van der Waals surface area contributed by atoms with Crippen LogP contribution in [-0.4, -0.2) is 19.0 Å². The van der Waals surface area contributed by atoms with Gasteiger partial charge in [0.2, 0.25) is 0 Å². The van der Waals surface area contributed by atoms with Crippen molar-refractivity contribution in [3.05, 3.63) is 59.7 Å². The molecule has 0 radical (unpaired) electrons. The van der Waals surface area contributed by atoms with Crippen molar-refractivity contribution in [2.45, 2.75) is 0 Å².